The predicted molar refractivity (Wildman–Crippen MR) is 122 cm³/mol. The van der Waals surface area contributed by atoms with Gasteiger partial charge in [0.15, 0.2) is 0 Å². The molecule has 0 saturated heterocycles. The molecule has 0 aliphatic carbocycles. The summed E-state index contributed by atoms with van der Waals surface area (Å²) in [6, 6.07) is 5.78. The Balaban J connectivity index is 2.01. The molecule has 0 unspecified atom stereocenters. The number of nitrogens with one attached hydrogen (secondary N) is 1. The Bertz CT molecular complexity index is 1260. The maximum absolute atomic E-state index is 12.9. The summed E-state index contributed by atoms with van der Waals surface area (Å²) in [7, 11) is 3.04. The van der Waals surface area contributed by atoms with Gasteiger partial charge < -0.3 is 5.32 Å². The molecule has 0 atom stereocenters. The molecule has 0 fully saturated rings. The number of anilines is 1. The van der Waals surface area contributed by atoms with Crippen molar-refractivity contribution in [1.82, 2.24) is 14.1 Å². The van der Waals surface area contributed by atoms with Crippen molar-refractivity contribution in [1.29, 1.82) is 0 Å². The van der Waals surface area contributed by atoms with Gasteiger partial charge in [-0.3, -0.25) is 18.7 Å². The number of carbonyl (C=O) groups excluding carboxylic acids is 1. The summed E-state index contributed by atoms with van der Waals surface area (Å²) in [4.78, 5) is 42.9. The van der Waals surface area contributed by atoms with E-state index >= 15 is 0 Å². The maximum atomic E-state index is 12.9. The van der Waals surface area contributed by atoms with E-state index in [-0.39, 0.29) is 17.6 Å². The third-order valence-electron chi connectivity index (χ3n) is 5.30. The molecule has 3 aromatic rings. The number of thioether (sulfide) groups is 1. The normalized spacial score (nSPS) is 11.3. The summed E-state index contributed by atoms with van der Waals surface area (Å²) in [6.07, 6.45) is 1.69. The zero-order valence-corrected chi connectivity index (χ0v) is 18.9. The molecule has 0 saturated carbocycles. The Kier molecular flexibility index (Phi) is 6.17. The smallest absolute Gasteiger partial charge is 0.325 e. The lowest BCUT2D eigenvalue weighted by molar-refractivity contribution is -0.113. The third-order valence-corrected chi connectivity index (χ3v) is 6.43. The van der Waals surface area contributed by atoms with Gasteiger partial charge in [0.25, 0.3) is 5.56 Å². The number of fused-ring (bicyclic) bond motifs is 1. The Labute approximate surface area is 179 Å². The Morgan fingerprint density at radius 2 is 1.87 bits per heavy atom. The lowest BCUT2D eigenvalue weighted by atomic mass is 10.0. The number of amides is 1. The molecule has 0 aliphatic heterocycles. The Morgan fingerprint density at radius 3 is 2.53 bits per heavy atom. The molecule has 0 aliphatic rings. The highest BCUT2D eigenvalue weighted by Gasteiger charge is 2.20. The largest absolute Gasteiger partial charge is 0.332 e. The van der Waals surface area contributed by atoms with E-state index in [1.807, 2.05) is 45.9 Å². The second kappa shape index (κ2) is 8.47. The third kappa shape index (κ3) is 3.92. The van der Waals surface area contributed by atoms with Gasteiger partial charge in [0.05, 0.1) is 11.1 Å². The zero-order chi connectivity index (χ0) is 22.2. The molecule has 30 heavy (non-hydrogen) atoms. The molecule has 7 nitrogen and oxygen atoms in total. The molecule has 2 heterocycles. The van der Waals surface area contributed by atoms with Gasteiger partial charge in [0, 0.05) is 30.9 Å². The summed E-state index contributed by atoms with van der Waals surface area (Å²) in [5.74, 6) is 0.0847. The van der Waals surface area contributed by atoms with Crippen LogP contribution in [0.15, 0.2) is 38.9 Å². The van der Waals surface area contributed by atoms with Crippen LogP contribution in [0.2, 0.25) is 0 Å². The monoisotopic (exact) mass is 426 g/mol. The Hall–Kier alpha value is -2.87. The molecule has 8 heteroatoms. The van der Waals surface area contributed by atoms with Crippen molar-refractivity contribution in [3.8, 4) is 0 Å². The molecule has 3 rings (SSSR count). The Morgan fingerprint density at radius 1 is 1.17 bits per heavy atom. The van der Waals surface area contributed by atoms with Gasteiger partial charge in [-0.25, -0.2) is 9.78 Å². The SMILES string of the molecule is Cc1cccc(NC(=O)CSc2c(C(C)C)cnc3c2c(=O)n(C)c(=O)n3C)c1C. The van der Waals surface area contributed by atoms with Gasteiger partial charge in [-0.15, -0.1) is 11.8 Å². The first-order valence-corrected chi connectivity index (χ1v) is 10.7. The number of hydrogen-bond acceptors (Lipinski definition) is 5. The molecule has 158 valence electrons. The lowest BCUT2D eigenvalue weighted by Gasteiger charge is -2.16. The van der Waals surface area contributed by atoms with Crippen LogP contribution in [0.25, 0.3) is 11.0 Å². The van der Waals surface area contributed by atoms with Crippen LogP contribution in [0, 0.1) is 13.8 Å². The van der Waals surface area contributed by atoms with Crippen LogP contribution in [0.4, 0.5) is 5.69 Å². The van der Waals surface area contributed by atoms with E-state index in [0.717, 1.165) is 26.9 Å². The van der Waals surface area contributed by atoms with E-state index < -0.39 is 11.2 Å². The van der Waals surface area contributed by atoms with Crippen molar-refractivity contribution >= 4 is 34.4 Å². The molecule has 2 aromatic heterocycles. The second-order valence-corrected chi connectivity index (χ2v) is 8.67. The van der Waals surface area contributed by atoms with Crippen LogP contribution in [-0.2, 0) is 18.9 Å². The fourth-order valence-electron chi connectivity index (χ4n) is 3.29. The minimum absolute atomic E-state index is 0.105. The molecule has 1 aromatic carbocycles. The van der Waals surface area contributed by atoms with Crippen LogP contribution in [0.1, 0.15) is 36.5 Å². The van der Waals surface area contributed by atoms with E-state index in [9.17, 15) is 14.4 Å². The average Bonchev–Trinajstić information content (AvgIpc) is 2.71. The average molecular weight is 427 g/mol. The van der Waals surface area contributed by atoms with Crippen molar-refractivity contribution < 1.29 is 4.79 Å². The number of aromatic nitrogens is 3. The molecule has 0 radical (unpaired) electrons. The first kappa shape index (κ1) is 21.8. The summed E-state index contributed by atoms with van der Waals surface area (Å²) < 4.78 is 2.44. The molecular formula is C22H26N4O3S. The van der Waals surface area contributed by atoms with Gasteiger partial charge in [-0.05, 0) is 42.5 Å². The lowest BCUT2D eigenvalue weighted by Crippen LogP contribution is -2.37. The van der Waals surface area contributed by atoms with Crippen LogP contribution >= 0.6 is 11.8 Å². The van der Waals surface area contributed by atoms with Crippen LogP contribution in [-0.4, -0.2) is 25.8 Å². The number of rotatable bonds is 5. The molecular weight excluding hydrogens is 400 g/mol. The number of carbonyl (C=O) groups is 1. The van der Waals surface area contributed by atoms with E-state index in [0.29, 0.717) is 15.9 Å². The van der Waals surface area contributed by atoms with Crippen molar-refractivity contribution in [2.24, 2.45) is 14.1 Å². The molecule has 0 spiro atoms. The quantitative estimate of drug-likeness (QED) is 0.634. The first-order valence-electron chi connectivity index (χ1n) is 9.71. The molecule has 1 N–H and O–H groups in total. The second-order valence-electron chi connectivity index (χ2n) is 7.69. The number of nitrogens with zero attached hydrogens (tertiary/aromatic N) is 3. The number of benzene rings is 1. The highest BCUT2D eigenvalue weighted by molar-refractivity contribution is 8.00. The minimum Gasteiger partial charge on any atom is -0.325 e. The molecule has 1 amide bonds. The summed E-state index contributed by atoms with van der Waals surface area (Å²) in [6.45, 7) is 7.98. The topological polar surface area (TPSA) is 86.0 Å². The summed E-state index contributed by atoms with van der Waals surface area (Å²) in [5.41, 5.74) is 3.28. The van der Waals surface area contributed by atoms with Crippen LogP contribution in [0.3, 0.4) is 0 Å². The van der Waals surface area contributed by atoms with Gasteiger partial charge in [0.1, 0.15) is 5.65 Å². The summed E-state index contributed by atoms with van der Waals surface area (Å²) >= 11 is 1.30. The van der Waals surface area contributed by atoms with Crippen molar-refractivity contribution in [3.05, 3.63) is 61.9 Å². The zero-order valence-electron chi connectivity index (χ0n) is 18.1. The van der Waals surface area contributed by atoms with E-state index in [4.69, 9.17) is 0 Å². The standard InChI is InChI=1S/C22H26N4O3S/c1-12(2)15-10-23-20-18(21(28)26(6)22(29)25(20)5)19(15)30-11-17(27)24-16-9-7-8-13(3)14(16)4/h7-10,12H,11H2,1-6H3,(H,24,27). The van der Waals surface area contributed by atoms with E-state index in [1.165, 1.54) is 23.4 Å². The van der Waals surface area contributed by atoms with Crippen LogP contribution < -0.4 is 16.6 Å². The van der Waals surface area contributed by atoms with Crippen molar-refractivity contribution in [2.75, 3.05) is 11.1 Å². The highest BCUT2D eigenvalue weighted by Crippen LogP contribution is 2.32. The van der Waals surface area contributed by atoms with Gasteiger partial charge in [0.2, 0.25) is 5.91 Å². The van der Waals surface area contributed by atoms with Gasteiger partial charge >= 0.3 is 5.69 Å². The van der Waals surface area contributed by atoms with Gasteiger partial charge in [-0.1, -0.05) is 26.0 Å². The van der Waals surface area contributed by atoms with Crippen molar-refractivity contribution in [2.45, 2.75) is 38.5 Å². The fourth-order valence-corrected chi connectivity index (χ4v) is 4.42. The van der Waals surface area contributed by atoms with Crippen molar-refractivity contribution in [3.63, 3.8) is 0 Å². The molecule has 0 bridgehead atoms. The van der Waals surface area contributed by atoms with E-state index in [2.05, 4.69) is 10.3 Å². The first-order chi connectivity index (χ1) is 14.1. The highest BCUT2D eigenvalue weighted by atomic mass is 32.2. The van der Waals surface area contributed by atoms with E-state index in [1.54, 1.807) is 13.2 Å². The number of hydrogen-bond donors (Lipinski definition) is 1. The number of aryl methyl sites for hydroxylation is 2. The minimum atomic E-state index is -0.430. The van der Waals surface area contributed by atoms with Gasteiger partial charge in [-0.2, -0.15) is 0 Å². The maximum Gasteiger partial charge on any atom is 0.332 e. The number of pyridine rings is 1. The fraction of sp³-hybridized carbons (Fsp3) is 0.364. The summed E-state index contributed by atoms with van der Waals surface area (Å²) in [5, 5.41) is 3.32. The predicted octanol–water partition coefficient (Wildman–Crippen LogP) is 3.10. The van der Waals surface area contributed by atoms with Crippen LogP contribution in [0.5, 0.6) is 0 Å².